The third-order valence-electron chi connectivity index (χ3n) is 4.86. The molecule has 0 fully saturated rings. The number of ether oxygens (including phenoxy) is 1. The van der Waals surface area contributed by atoms with Crippen LogP contribution in [-0.4, -0.2) is 45.6 Å². The minimum atomic E-state index is -4.01. The zero-order valence-corrected chi connectivity index (χ0v) is 20.6. The van der Waals surface area contributed by atoms with E-state index in [1.165, 1.54) is 43.3 Å². The second kappa shape index (κ2) is 11.1. The van der Waals surface area contributed by atoms with Crippen molar-refractivity contribution in [2.75, 3.05) is 24.2 Å². The third-order valence-corrected chi connectivity index (χ3v) is 7.39. The van der Waals surface area contributed by atoms with Gasteiger partial charge in [-0.1, -0.05) is 17.7 Å². The number of rotatable bonds is 9. The molecule has 0 atom stereocenters. The van der Waals surface area contributed by atoms with E-state index in [9.17, 15) is 18.3 Å². The Hall–Kier alpha value is -3.50. The highest BCUT2D eigenvalue weighted by Crippen LogP contribution is 2.26. The molecule has 2 N–H and O–H groups in total. The van der Waals surface area contributed by atoms with Crippen molar-refractivity contribution < 1.29 is 23.1 Å². The molecular formula is C24H25N3O5S2. The average molecular weight is 500 g/mol. The number of phenols is 1. The Kier molecular flexibility index (Phi) is 8.19. The van der Waals surface area contributed by atoms with Crippen molar-refractivity contribution in [1.82, 2.24) is 5.43 Å². The lowest BCUT2D eigenvalue weighted by Crippen LogP contribution is -2.39. The summed E-state index contributed by atoms with van der Waals surface area (Å²) in [6.07, 6.45) is 3.27. The number of methoxy groups -OCH3 is 1. The fourth-order valence-corrected chi connectivity index (χ4v) is 4.85. The van der Waals surface area contributed by atoms with Crippen LogP contribution in [0.1, 0.15) is 11.1 Å². The van der Waals surface area contributed by atoms with Crippen LogP contribution < -0.4 is 14.5 Å². The number of anilines is 1. The van der Waals surface area contributed by atoms with Gasteiger partial charge in [0.2, 0.25) is 0 Å². The molecule has 8 nitrogen and oxygen atoms in total. The molecule has 0 saturated carbocycles. The standard InChI is InChI=1S/C24H25N3O5S2/c1-17-4-7-19(8-5-17)27(34(30,31)21-11-9-20(33-3)10-12-21)16-24(29)26-25-15-18-6-13-22(28)23(14-18)32-2/h4-15,28H,16H2,1-3H3,(H,26,29)/b25-15-. The number of carbonyl (C=O) groups excluding carboxylic acids is 1. The molecule has 3 aromatic rings. The van der Waals surface area contributed by atoms with E-state index >= 15 is 0 Å². The highest BCUT2D eigenvalue weighted by molar-refractivity contribution is 7.98. The van der Waals surface area contributed by atoms with Gasteiger partial charge >= 0.3 is 0 Å². The molecular weight excluding hydrogens is 474 g/mol. The monoisotopic (exact) mass is 499 g/mol. The summed E-state index contributed by atoms with van der Waals surface area (Å²) < 4.78 is 32.9. The first-order valence-corrected chi connectivity index (χ1v) is 12.8. The van der Waals surface area contributed by atoms with E-state index in [4.69, 9.17) is 4.74 Å². The molecule has 0 unspecified atom stereocenters. The van der Waals surface area contributed by atoms with Crippen LogP contribution >= 0.6 is 11.8 Å². The maximum atomic E-state index is 13.4. The van der Waals surface area contributed by atoms with E-state index in [1.807, 2.05) is 13.2 Å². The number of benzene rings is 3. The van der Waals surface area contributed by atoms with Gasteiger partial charge in [0.15, 0.2) is 11.5 Å². The molecule has 0 aliphatic heterocycles. The summed E-state index contributed by atoms with van der Waals surface area (Å²) in [5.41, 5.74) is 4.25. The normalized spacial score (nSPS) is 11.4. The van der Waals surface area contributed by atoms with E-state index in [0.29, 0.717) is 11.3 Å². The Bertz CT molecular complexity index is 1270. The van der Waals surface area contributed by atoms with Crippen LogP contribution in [0.25, 0.3) is 0 Å². The minimum absolute atomic E-state index is 0.0202. The predicted molar refractivity (Wildman–Crippen MR) is 134 cm³/mol. The van der Waals surface area contributed by atoms with Crippen molar-refractivity contribution in [3.05, 3.63) is 77.9 Å². The highest BCUT2D eigenvalue weighted by Gasteiger charge is 2.27. The molecule has 0 bridgehead atoms. The Labute approximate surface area is 203 Å². The average Bonchev–Trinajstić information content (AvgIpc) is 2.84. The lowest BCUT2D eigenvalue weighted by atomic mass is 10.2. The molecule has 3 aromatic carbocycles. The van der Waals surface area contributed by atoms with Gasteiger partial charge in [-0.3, -0.25) is 9.10 Å². The highest BCUT2D eigenvalue weighted by atomic mass is 32.2. The van der Waals surface area contributed by atoms with Crippen molar-refractivity contribution in [1.29, 1.82) is 0 Å². The number of aromatic hydroxyl groups is 1. The number of amides is 1. The molecule has 10 heteroatoms. The van der Waals surface area contributed by atoms with E-state index in [1.54, 1.807) is 48.5 Å². The zero-order chi connectivity index (χ0) is 24.7. The van der Waals surface area contributed by atoms with E-state index in [0.717, 1.165) is 14.8 Å². The molecule has 0 radical (unpaired) electrons. The van der Waals surface area contributed by atoms with Gasteiger partial charge in [-0.05, 0) is 73.3 Å². The van der Waals surface area contributed by atoms with Crippen molar-refractivity contribution in [2.24, 2.45) is 5.10 Å². The fraction of sp³-hybridized carbons (Fsp3) is 0.167. The first-order valence-electron chi connectivity index (χ1n) is 10.2. The fourth-order valence-electron chi connectivity index (χ4n) is 3.02. The van der Waals surface area contributed by atoms with Crippen molar-refractivity contribution in [3.8, 4) is 11.5 Å². The van der Waals surface area contributed by atoms with Crippen LogP contribution in [0.2, 0.25) is 0 Å². The maximum Gasteiger partial charge on any atom is 0.264 e. The van der Waals surface area contributed by atoms with E-state index in [-0.39, 0.29) is 16.4 Å². The summed E-state index contributed by atoms with van der Waals surface area (Å²) in [4.78, 5) is 13.7. The Morgan fingerprint density at radius 3 is 2.41 bits per heavy atom. The molecule has 1 amide bonds. The summed E-state index contributed by atoms with van der Waals surface area (Å²) in [6, 6.07) is 17.9. The summed E-state index contributed by atoms with van der Waals surface area (Å²) >= 11 is 1.51. The number of thioether (sulfide) groups is 1. The molecule has 34 heavy (non-hydrogen) atoms. The smallest absolute Gasteiger partial charge is 0.264 e. The molecule has 3 rings (SSSR count). The Morgan fingerprint density at radius 1 is 1.12 bits per heavy atom. The summed E-state index contributed by atoms with van der Waals surface area (Å²) in [5, 5.41) is 13.6. The molecule has 0 aliphatic carbocycles. The SMILES string of the molecule is COc1cc(/C=N\NC(=O)CN(c2ccc(C)cc2)S(=O)(=O)c2ccc(SC)cc2)ccc1O. The van der Waals surface area contributed by atoms with Gasteiger partial charge < -0.3 is 9.84 Å². The quantitative estimate of drug-likeness (QED) is 0.264. The summed E-state index contributed by atoms with van der Waals surface area (Å²) in [5.74, 6) is -0.375. The van der Waals surface area contributed by atoms with Gasteiger partial charge in [0, 0.05) is 4.90 Å². The van der Waals surface area contributed by atoms with Crippen LogP contribution in [0.15, 0.2) is 81.6 Å². The Balaban J connectivity index is 1.82. The number of hydrogen-bond acceptors (Lipinski definition) is 7. The van der Waals surface area contributed by atoms with Crippen molar-refractivity contribution >= 4 is 39.6 Å². The van der Waals surface area contributed by atoms with Gasteiger partial charge in [-0.25, -0.2) is 13.8 Å². The van der Waals surface area contributed by atoms with Crippen molar-refractivity contribution in [2.45, 2.75) is 16.7 Å². The molecule has 0 aromatic heterocycles. The number of nitrogens with one attached hydrogen (secondary N) is 1. The number of phenolic OH excluding ortho intramolecular Hbond substituents is 1. The third kappa shape index (κ3) is 6.09. The number of carbonyl (C=O) groups is 1. The van der Waals surface area contributed by atoms with Gasteiger partial charge in [0.05, 0.1) is 23.9 Å². The van der Waals surface area contributed by atoms with Crippen LogP contribution in [0, 0.1) is 6.92 Å². The number of hydrazone groups is 1. The maximum absolute atomic E-state index is 13.4. The van der Waals surface area contributed by atoms with E-state index in [2.05, 4.69) is 10.5 Å². The Morgan fingerprint density at radius 2 is 1.79 bits per heavy atom. The van der Waals surface area contributed by atoms with Crippen LogP contribution in [-0.2, 0) is 14.8 Å². The number of nitrogens with zero attached hydrogens (tertiary/aromatic N) is 2. The molecule has 0 saturated heterocycles. The van der Waals surface area contributed by atoms with Gasteiger partial charge in [0.25, 0.3) is 15.9 Å². The summed E-state index contributed by atoms with van der Waals surface area (Å²) in [7, 11) is -2.59. The first kappa shape index (κ1) is 25.1. The second-order valence-electron chi connectivity index (χ2n) is 7.25. The van der Waals surface area contributed by atoms with Crippen LogP contribution in [0.5, 0.6) is 11.5 Å². The first-order chi connectivity index (χ1) is 16.2. The number of aryl methyl sites for hydroxylation is 1. The second-order valence-corrected chi connectivity index (χ2v) is 9.99. The topological polar surface area (TPSA) is 108 Å². The summed E-state index contributed by atoms with van der Waals surface area (Å²) in [6.45, 7) is 1.43. The van der Waals surface area contributed by atoms with Gasteiger partial charge in [-0.15, -0.1) is 11.8 Å². The molecule has 178 valence electrons. The minimum Gasteiger partial charge on any atom is -0.504 e. The predicted octanol–water partition coefficient (Wildman–Crippen LogP) is 3.78. The van der Waals surface area contributed by atoms with Crippen molar-refractivity contribution in [3.63, 3.8) is 0 Å². The van der Waals surface area contributed by atoms with E-state index < -0.39 is 22.5 Å². The van der Waals surface area contributed by atoms with Crippen LogP contribution in [0.3, 0.4) is 0 Å². The lowest BCUT2D eigenvalue weighted by molar-refractivity contribution is -0.119. The van der Waals surface area contributed by atoms with Crippen LogP contribution in [0.4, 0.5) is 5.69 Å². The molecule has 0 heterocycles. The lowest BCUT2D eigenvalue weighted by Gasteiger charge is -2.24. The molecule has 0 aliphatic rings. The zero-order valence-electron chi connectivity index (χ0n) is 18.9. The number of sulfonamides is 1. The number of hydrogen-bond donors (Lipinski definition) is 2. The largest absolute Gasteiger partial charge is 0.504 e. The van der Waals surface area contributed by atoms with Gasteiger partial charge in [-0.2, -0.15) is 5.10 Å². The molecule has 0 spiro atoms. The van der Waals surface area contributed by atoms with Gasteiger partial charge in [0.1, 0.15) is 6.54 Å².